The van der Waals surface area contributed by atoms with Crippen LogP contribution in [0.5, 0.6) is 0 Å². The molecule has 0 heterocycles. The van der Waals surface area contributed by atoms with Gasteiger partial charge in [-0.15, -0.1) is 0 Å². The van der Waals surface area contributed by atoms with Gasteiger partial charge in [0, 0.05) is 26.9 Å². The molecule has 120 valence electrons. The number of hydrogen-bond donors (Lipinski definition) is 2. The van der Waals surface area contributed by atoms with Gasteiger partial charge in [0.25, 0.3) is 5.91 Å². The number of rotatable bonds is 6. The van der Waals surface area contributed by atoms with Crippen LogP contribution in [0.15, 0.2) is 18.2 Å². The maximum absolute atomic E-state index is 12.9. The van der Waals surface area contributed by atoms with Crippen LogP contribution in [0, 0.1) is 5.82 Å². The van der Waals surface area contributed by atoms with E-state index in [1.54, 1.807) is 7.05 Å². The van der Waals surface area contributed by atoms with E-state index in [1.807, 2.05) is 0 Å². The highest BCUT2D eigenvalue weighted by Crippen LogP contribution is 2.10. The maximum atomic E-state index is 12.9. The Kier molecular flexibility index (Phi) is 9.83. The van der Waals surface area contributed by atoms with Crippen molar-refractivity contribution >= 4 is 24.4 Å². The van der Waals surface area contributed by atoms with Crippen LogP contribution >= 0.6 is 0 Å². The monoisotopic (exact) mass is 310 g/mol. The van der Waals surface area contributed by atoms with Crippen molar-refractivity contribution in [3.05, 3.63) is 35.1 Å². The van der Waals surface area contributed by atoms with Crippen molar-refractivity contribution in [2.24, 2.45) is 0 Å². The zero-order valence-corrected chi connectivity index (χ0v) is 12.5. The van der Waals surface area contributed by atoms with Gasteiger partial charge in [-0.1, -0.05) is 6.07 Å². The standard InChI is InChI=1S/C9H8FNO2.C6H11NO2/c1-11-9(13)6-3-2-4-8(10)7(6)5-12;1-7-6(9)4-2-3-5-8/h2-5H,1H3,(H,11,13);5H,2-4H2,1H3,(H,7,9). The fraction of sp³-hybridized carbons (Fsp3) is 0.333. The summed E-state index contributed by atoms with van der Waals surface area (Å²) >= 11 is 0. The summed E-state index contributed by atoms with van der Waals surface area (Å²) < 4.78 is 12.9. The van der Waals surface area contributed by atoms with Crippen molar-refractivity contribution in [3.63, 3.8) is 0 Å². The summed E-state index contributed by atoms with van der Waals surface area (Å²) in [4.78, 5) is 41.8. The lowest BCUT2D eigenvalue weighted by atomic mass is 10.1. The van der Waals surface area contributed by atoms with Gasteiger partial charge in [0.2, 0.25) is 5.91 Å². The van der Waals surface area contributed by atoms with Crippen molar-refractivity contribution in [1.29, 1.82) is 0 Å². The van der Waals surface area contributed by atoms with Gasteiger partial charge in [0.05, 0.1) is 11.1 Å². The summed E-state index contributed by atoms with van der Waals surface area (Å²) in [5, 5.41) is 4.79. The average molecular weight is 310 g/mol. The second kappa shape index (κ2) is 11.1. The number of nitrogens with one attached hydrogen (secondary N) is 2. The molecule has 0 spiro atoms. The Morgan fingerprint density at radius 2 is 1.86 bits per heavy atom. The smallest absolute Gasteiger partial charge is 0.251 e. The molecule has 1 aromatic carbocycles. The predicted octanol–water partition coefficient (Wildman–Crippen LogP) is 1.10. The van der Waals surface area contributed by atoms with Crippen LogP contribution in [0.1, 0.15) is 40.0 Å². The van der Waals surface area contributed by atoms with Gasteiger partial charge in [-0.05, 0) is 18.6 Å². The van der Waals surface area contributed by atoms with Crippen LogP contribution in [-0.4, -0.2) is 38.5 Å². The molecule has 0 aliphatic rings. The van der Waals surface area contributed by atoms with Gasteiger partial charge in [0.15, 0.2) is 6.29 Å². The summed E-state index contributed by atoms with van der Waals surface area (Å²) in [6, 6.07) is 3.91. The molecule has 0 bridgehead atoms. The van der Waals surface area contributed by atoms with E-state index in [9.17, 15) is 23.6 Å². The molecule has 0 aliphatic carbocycles. The normalized spacial score (nSPS) is 9.05. The maximum Gasteiger partial charge on any atom is 0.251 e. The molecule has 0 atom stereocenters. The van der Waals surface area contributed by atoms with Gasteiger partial charge >= 0.3 is 0 Å². The largest absolute Gasteiger partial charge is 0.359 e. The van der Waals surface area contributed by atoms with Crippen molar-refractivity contribution in [2.45, 2.75) is 19.3 Å². The summed E-state index contributed by atoms with van der Waals surface area (Å²) in [5.74, 6) is -1.16. The Morgan fingerprint density at radius 3 is 2.36 bits per heavy atom. The SMILES string of the molecule is CNC(=O)CCCC=O.CNC(=O)c1cccc(F)c1C=O. The van der Waals surface area contributed by atoms with E-state index in [2.05, 4.69) is 10.6 Å². The molecule has 0 aliphatic heterocycles. The van der Waals surface area contributed by atoms with Crippen molar-refractivity contribution in [1.82, 2.24) is 10.6 Å². The topological polar surface area (TPSA) is 92.3 Å². The number of benzene rings is 1. The number of carbonyl (C=O) groups excluding carboxylic acids is 4. The number of unbranched alkanes of at least 4 members (excludes halogenated alkanes) is 1. The Labute approximate surface area is 128 Å². The zero-order valence-electron chi connectivity index (χ0n) is 12.5. The highest BCUT2D eigenvalue weighted by molar-refractivity contribution is 6.01. The van der Waals surface area contributed by atoms with E-state index in [0.29, 0.717) is 25.5 Å². The summed E-state index contributed by atoms with van der Waals surface area (Å²) in [6.45, 7) is 0. The number of aldehydes is 2. The molecule has 0 fully saturated rings. The summed E-state index contributed by atoms with van der Waals surface area (Å²) in [6.07, 6.45) is 2.74. The lowest BCUT2D eigenvalue weighted by molar-refractivity contribution is -0.120. The quantitative estimate of drug-likeness (QED) is 0.608. The molecule has 2 amide bonds. The second-order valence-corrected chi connectivity index (χ2v) is 4.13. The Bertz CT molecular complexity index is 532. The predicted molar refractivity (Wildman–Crippen MR) is 79.2 cm³/mol. The minimum atomic E-state index is -0.684. The van der Waals surface area contributed by atoms with Gasteiger partial charge in [-0.2, -0.15) is 0 Å². The molecule has 0 saturated carbocycles. The molecule has 0 saturated heterocycles. The summed E-state index contributed by atoms with van der Waals surface area (Å²) in [5.41, 5.74) is -0.153. The van der Waals surface area contributed by atoms with Crippen LogP contribution in [0.3, 0.4) is 0 Å². The molecule has 22 heavy (non-hydrogen) atoms. The fourth-order valence-corrected chi connectivity index (χ4v) is 1.46. The molecular weight excluding hydrogens is 291 g/mol. The molecule has 1 rings (SSSR count). The molecule has 0 aromatic heterocycles. The van der Waals surface area contributed by atoms with Crippen LogP contribution < -0.4 is 10.6 Å². The molecule has 6 nitrogen and oxygen atoms in total. The highest BCUT2D eigenvalue weighted by atomic mass is 19.1. The van der Waals surface area contributed by atoms with Crippen LogP contribution in [0.2, 0.25) is 0 Å². The third kappa shape index (κ3) is 6.74. The first-order chi connectivity index (χ1) is 10.5. The minimum Gasteiger partial charge on any atom is -0.359 e. The Balaban J connectivity index is 0.000000433. The minimum absolute atomic E-state index is 0.00292. The highest BCUT2D eigenvalue weighted by Gasteiger charge is 2.12. The Morgan fingerprint density at radius 1 is 1.18 bits per heavy atom. The van der Waals surface area contributed by atoms with Crippen molar-refractivity contribution < 1.29 is 23.6 Å². The van der Waals surface area contributed by atoms with Gasteiger partial charge in [0.1, 0.15) is 12.1 Å². The van der Waals surface area contributed by atoms with Crippen molar-refractivity contribution in [3.8, 4) is 0 Å². The van der Waals surface area contributed by atoms with E-state index < -0.39 is 11.7 Å². The number of amides is 2. The van der Waals surface area contributed by atoms with E-state index in [1.165, 1.54) is 19.2 Å². The lowest BCUT2D eigenvalue weighted by Gasteiger charge is -2.02. The number of carbonyl (C=O) groups is 4. The van der Waals surface area contributed by atoms with E-state index in [4.69, 9.17) is 0 Å². The molecule has 7 heteroatoms. The van der Waals surface area contributed by atoms with Gasteiger partial charge < -0.3 is 15.4 Å². The molecular formula is C15H19FN2O4. The third-order valence-corrected chi connectivity index (χ3v) is 2.65. The molecule has 0 unspecified atom stereocenters. The number of halogens is 1. The van der Waals surface area contributed by atoms with Gasteiger partial charge in [-0.25, -0.2) is 4.39 Å². The van der Waals surface area contributed by atoms with Crippen molar-refractivity contribution in [2.75, 3.05) is 14.1 Å². The first-order valence-corrected chi connectivity index (χ1v) is 6.61. The molecule has 1 aromatic rings. The lowest BCUT2D eigenvalue weighted by Crippen LogP contribution is -2.20. The Hall–Kier alpha value is -2.57. The van der Waals surface area contributed by atoms with Gasteiger partial charge in [-0.3, -0.25) is 14.4 Å². The molecule has 0 radical (unpaired) electrons. The third-order valence-electron chi connectivity index (χ3n) is 2.65. The average Bonchev–Trinajstić information content (AvgIpc) is 2.54. The fourth-order valence-electron chi connectivity index (χ4n) is 1.46. The van der Waals surface area contributed by atoms with E-state index in [0.717, 1.165) is 12.4 Å². The first-order valence-electron chi connectivity index (χ1n) is 6.61. The van der Waals surface area contributed by atoms with Crippen LogP contribution in [-0.2, 0) is 9.59 Å². The van der Waals surface area contributed by atoms with Crippen LogP contribution in [0.25, 0.3) is 0 Å². The first kappa shape index (κ1) is 19.4. The van der Waals surface area contributed by atoms with E-state index >= 15 is 0 Å². The molecule has 2 N–H and O–H groups in total. The van der Waals surface area contributed by atoms with Crippen LogP contribution in [0.4, 0.5) is 4.39 Å². The summed E-state index contributed by atoms with van der Waals surface area (Å²) in [7, 11) is 3.01. The zero-order chi connectivity index (χ0) is 17.0. The number of hydrogen-bond acceptors (Lipinski definition) is 4. The second-order valence-electron chi connectivity index (χ2n) is 4.13. The van der Waals surface area contributed by atoms with E-state index in [-0.39, 0.29) is 17.0 Å².